The van der Waals surface area contributed by atoms with Gasteiger partial charge in [-0.25, -0.2) is 0 Å². The van der Waals surface area contributed by atoms with E-state index >= 15 is 0 Å². The maximum atomic E-state index is 11.7. The number of pyridine rings is 1. The number of carbonyl (C=O) groups is 1. The monoisotopic (exact) mass is 387 g/mol. The Morgan fingerprint density at radius 1 is 1.21 bits per heavy atom. The molecule has 0 atom stereocenters. The maximum absolute atomic E-state index is 11.7. The number of nitriles is 1. The lowest BCUT2D eigenvalue weighted by atomic mass is 9.99. The highest BCUT2D eigenvalue weighted by molar-refractivity contribution is 5.92. The van der Waals surface area contributed by atoms with E-state index in [4.69, 9.17) is 9.84 Å². The van der Waals surface area contributed by atoms with Crippen LogP contribution in [-0.2, 0) is 4.79 Å². The number of rotatable bonds is 4. The number of aliphatic hydroxyl groups excluding tert-OH is 1. The minimum Gasteiger partial charge on any atom is -0.490 e. The van der Waals surface area contributed by atoms with Gasteiger partial charge in [-0.05, 0) is 46.8 Å². The zero-order chi connectivity index (χ0) is 20.2. The van der Waals surface area contributed by atoms with Gasteiger partial charge in [-0.1, -0.05) is 12.1 Å². The van der Waals surface area contributed by atoms with Gasteiger partial charge >= 0.3 is 0 Å². The molecular weight excluding hydrogens is 366 g/mol. The zero-order valence-corrected chi connectivity index (χ0v) is 15.9. The molecule has 4 rings (SSSR count). The van der Waals surface area contributed by atoms with Crippen molar-refractivity contribution in [3.05, 3.63) is 60.4 Å². The third-order valence-corrected chi connectivity index (χ3v) is 5.27. The number of ether oxygens (including phenoxy) is 1. The van der Waals surface area contributed by atoms with E-state index in [9.17, 15) is 10.1 Å². The number of benzene rings is 2. The molecule has 0 saturated carbocycles. The van der Waals surface area contributed by atoms with Crippen molar-refractivity contribution in [1.82, 2.24) is 9.88 Å². The summed E-state index contributed by atoms with van der Waals surface area (Å²) in [4.78, 5) is 17.6. The lowest BCUT2D eigenvalue weighted by Gasteiger charge is -2.32. The van der Waals surface area contributed by atoms with Crippen LogP contribution in [-0.4, -0.2) is 46.7 Å². The van der Waals surface area contributed by atoms with Crippen LogP contribution in [0.25, 0.3) is 21.9 Å². The van der Waals surface area contributed by atoms with Crippen LogP contribution in [0.3, 0.4) is 0 Å². The van der Waals surface area contributed by atoms with Crippen molar-refractivity contribution >= 4 is 16.7 Å². The molecule has 0 spiro atoms. The Hall–Kier alpha value is -3.43. The number of hydrogen-bond acceptors (Lipinski definition) is 5. The molecule has 2 heterocycles. The summed E-state index contributed by atoms with van der Waals surface area (Å²) >= 11 is 0. The van der Waals surface area contributed by atoms with Crippen LogP contribution < -0.4 is 4.74 Å². The van der Waals surface area contributed by atoms with E-state index in [2.05, 4.69) is 17.1 Å². The van der Waals surface area contributed by atoms with Crippen LogP contribution in [0.4, 0.5) is 0 Å². The molecule has 0 unspecified atom stereocenters. The summed E-state index contributed by atoms with van der Waals surface area (Å²) in [6, 6.07) is 15.7. The summed E-state index contributed by atoms with van der Waals surface area (Å²) in [5, 5.41) is 20.2. The van der Waals surface area contributed by atoms with Gasteiger partial charge < -0.3 is 14.7 Å². The molecule has 1 amide bonds. The minimum absolute atomic E-state index is 0.0122. The van der Waals surface area contributed by atoms with Crippen molar-refractivity contribution in [1.29, 1.82) is 5.26 Å². The molecular formula is C23H21N3O3. The average Bonchev–Trinajstić information content (AvgIpc) is 2.79. The normalized spacial score (nSPS) is 14.6. The van der Waals surface area contributed by atoms with Gasteiger partial charge in [-0.3, -0.25) is 9.78 Å². The minimum atomic E-state index is -0.453. The summed E-state index contributed by atoms with van der Waals surface area (Å²) in [5.41, 5.74) is 2.54. The number of carbonyl (C=O) groups excluding carboxylic acids is 1. The van der Waals surface area contributed by atoms with Crippen molar-refractivity contribution < 1.29 is 14.6 Å². The van der Waals surface area contributed by atoms with E-state index < -0.39 is 6.61 Å². The van der Waals surface area contributed by atoms with Gasteiger partial charge in [0.05, 0.1) is 11.6 Å². The molecule has 1 fully saturated rings. The van der Waals surface area contributed by atoms with Crippen LogP contribution in [0.2, 0.25) is 0 Å². The first-order valence-electron chi connectivity index (χ1n) is 9.61. The molecule has 29 heavy (non-hydrogen) atoms. The first-order chi connectivity index (χ1) is 14.2. The van der Waals surface area contributed by atoms with Crippen molar-refractivity contribution in [2.75, 3.05) is 19.7 Å². The highest BCUT2D eigenvalue weighted by Gasteiger charge is 2.24. The van der Waals surface area contributed by atoms with Crippen molar-refractivity contribution in [3.8, 4) is 22.9 Å². The lowest BCUT2D eigenvalue weighted by Crippen LogP contribution is -2.42. The van der Waals surface area contributed by atoms with E-state index in [-0.39, 0.29) is 12.0 Å². The topological polar surface area (TPSA) is 86.5 Å². The predicted molar refractivity (Wildman–Crippen MR) is 109 cm³/mol. The Morgan fingerprint density at radius 2 is 2.03 bits per heavy atom. The maximum Gasteiger partial charge on any atom is 0.248 e. The zero-order valence-electron chi connectivity index (χ0n) is 15.9. The van der Waals surface area contributed by atoms with Gasteiger partial charge in [0.25, 0.3) is 0 Å². The number of nitrogens with zero attached hydrogens (tertiary/aromatic N) is 3. The number of fused-ring (bicyclic) bond motifs is 1. The highest BCUT2D eigenvalue weighted by Crippen LogP contribution is 2.34. The molecule has 1 aromatic heterocycles. The van der Waals surface area contributed by atoms with E-state index in [0.29, 0.717) is 31.5 Å². The molecule has 1 saturated heterocycles. The number of piperidine rings is 1. The molecule has 3 aromatic rings. The third kappa shape index (κ3) is 4.05. The number of likely N-dealkylation sites (tertiary alicyclic amines) is 1. The van der Waals surface area contributed by atoms with E-state index in [1.54, 1.807) is 23.4 Å². The van der Waals surface area contributed by atoms with Crippen LogP contribution in [0.5, 0.6) is 5.75 Å². The van der Waals surface area contributed by atoms with Gasteiger partial charge in [0.2, 0.25) is 5.91 Å². The van der Waals surface area contributed by atoms with E-state index in [1.807, 2.05) is 30.3 Å². The summed E-state index contributed by atoms with van der Waals surface area (Å²) in [6.07, 6.45) is 4.95. The Bertz CT molecular complexity index is 1080. The van der Waals surface area contributed by atoms with Gasteiger partial charge in [0.1, 0.15) is 18.5 Å². The van der Waals surface area contributed by atoms with Crippen LogP contribution in [0.15, 0.2) is 54.9 Å². The third-order valence-electron chi connectivity index (χ3n) is 5.27. The first kappa shape index (κ1) is 18.9. The van der Waals surface area contributed by atoms with Gasteiger partial charge in [-0.15, -0.1) is 0 Å². The summed E-state index contributed by atoms with van der Waals surface area (Å²) < 4.78 is 6.34. The van der Waals surface area contributed by atoms with Crippen molar-refractivity contribution in [2.45, 2.75) is 18.9 Å². The van der Waals surface area contributed by atoms with Gasteiger partial charge in [0, 0.05) is 43.7 Å². The second-order valence-electron chi connectivity index (χ2n) is 7.12. The molecule has 0 bridgehead atoms. The standard InChI is InChI=1S/C23H21N3O3/c24-13-16-2-1-3-17(10-16)19-11-18-4-7-25-14-21(18)22(12-19)29-20-5-8-26(9-6-20)23(28)15-27/h1-4,7,10-12,14,20,27H,5-6,8-9,15H2. The summed E-state index contributed by atoms with van der Waals surface area (Å²) in [6.45, 7) is 0.694. The van der Waals surface area contributed by atoms with Crippen LogP contribution in [0.1, 0.15) is 18.4 Å². The summed E-state index contributed by atoms with van der Waals surface area (Å²) in [5.74, 6) is 0.511. The quantitative estimate of drug-likeness (QED) is 0.743. The Kier molecular flexibility index (Phi) is 5.41. The number of aromatic nitrogens is 1. The van der Waals surface area contributed by atoms with Crippen molar-refractivity contribution in [2.24, 2.45) is 0 Å². The van der Waals surface area contributed by atoms with Gasteiger partial charge in [0.15, 0.2) is 0 Å². The Labute approximate surface area is 169 Å². The fraction of sp³-hybridized carbons (Fsp3) is 0.261. The SMILES string of the molecule is N#Cc1cccc(-c2cc(OC3CCN(C(=O)CO)CC3)c3cnccc3c2)c1. The fourth-order valence-corrected chi connectivity index (χ4v) is 3.70. The Morgan fingerprint density at radius 3 is 2.79 bits per heavy atom. The second kappa shape index (κ2) is 8.29. The molecule has 0 radical (unpaired) electrons. The molecule has 146 valence electrons. The largest absolute Gasteiger partial charge is 0.490 e. The van der Waals surface area contributed by atoms with E-state index in [0.717, 1.165) is 27.6 Å². The molecule has 6 nitrogen and oxygen atoms in total. The molecule has 6 heteroatoms. The fourth-order valence-electron chi connectivity index (χ4n) is 3.70. The predicted octanol–water partition coefficient (Wildman–Crippen LogP) is 3.14. The van der Waals surface area contributed by atoms with Gasteiger partial charge in [-0.2, -0.15) is 5.26 Å². The van der Waals surface area contributed by atoms with E-state index in [1.165, 1.54) is 0 Å². The number of amides is 1. The highest BCUT2D eigenvalue weighted by atomic mass is 16.5. The Balaban J connectivity index is 1.63. The van der Waals surface area contributed by atoms with Crippen LogP contribution >= 0.6 is 0 Å². The second-order valence-corrected chi connectivity index (χ2v) is 7.12. The molecule has 1 aliphatic heterocycles. The average molecular weight is 387 g/mol. The van der Waals surface area contributed by atoms with Crippen molar-refractivity contribution in [3.63, 3.8) is 0 Å². The molecule has 1 aliphatic rings. The number of aliphatic hydroxyl groups is 1. The molecule has 0 aliphatic carbocycles. The summed E-state index contributed by atoms with van der Waals surface area (Å²) in [7, 11) is 0. The molecule has 1 N–H and O–H groups in total. The number of hydrogen-bond donors (Lipinski definition) is 1. The molecule has 2 aromatic carbocycles. The van der Waals surface area contributed by atoms with Crippen LogP contribution in [0, 0.1) is 11.3 Å². The smallest absolute Gasteiger partial charge is 0.248 e. The first-order valence-corrected chi connectivity index (χ1v) is 9.61. The lowest BCUT2D eigenvalue weighted by molar-refractivity contribution is -0.135.